The van der Waals surface area contributed by atoms with Gasteiger partial charge in [0, 0.05) is 5.56 Å². The van der Waals surface area contributed by atoms with Crippen LogP contribution < -0.4 is 15.6 Å². The van der Waals surface area contributed by atoms with Crippen molar-refractivity contribution in [1.82, 2.24) is 10.9 Å². The molecule has 0 saturated carbocycles. The lowest BCUT2D eigenvalue weighted by atomic mass is 10.1. The van der Waals surface area contributed by atoms with Gasteiger partial charge in [-0.1, -0.05) is 24.3 Å². The highest BCUT2D eigenvalue weighted by molar-refractivity contribution is 9.10. The summed E-state index contributed by atoms with van der Waals surface area (Å²) in [5.74, 6) is -0.247. The molecule has 1 unspecified atom stereocenters. The average molecular weight is 391 g/mol. The summed E-state index contributed by atoms with van der Waals surface area (Å²) in [5.41, 5.74) is 7.20. The number of nitrogens with one attached hydrogen (secondary N) is 2. The largest absolute Gasteiger partial charge is 0.480 e. The summed E-state index contributed by atoms with van der Waals surface area (Å²) < 4.78 is 6.38. The molecule has 2 aromatic carbocycles. The number of amides is 2. The third-order valence-corrected chi connectivity index (χ3v) is 4.07. The number of carbonyl (C=O) groups excluding carboxylic acids is 2. The minimum Gasteiger partial charge on any atom is -0.480 e. The van der Waals surface area contributed by atoms with E-state index in [0.29, 0.717) is 11.3 Å². The molecule has 0 aliphatic carbocycles. The van der Waals surface area contributed by atoms with Gasteiger partial charge in [0.05, 0.1) is 4.47 Å². The first kappa shape index (κ1) is 18.0. The van der Waals surface area contributed by atoms with E-state index in [1.807, 2.05) is 38.1 Å². The van der Waals surface area contributed by atoms with Gasteiger partial charge in [-0.2, -0.15) is 0 Å². The number of aryl methyl sites for hydroxylation is 2. The third-order valence-electron chi connectivity index (χ3n) is 3.45. The highest BCUT2D eigenvalue weighted by Gasteiger charge is 2.17. The Morgan fingerprint density at radius 1 is 1.08 bits per heavy atom. The van der Waals surface area contributed by atoms with E-state index in [1.54, 1.807) is 25.1 Å². The van der Waals surface area contributed by atoms with Crippen LogP contribution in [0.15, 0.2) is 46.9 Å². The number of hydrazine groups is 1. The van der Waals surface area contributed by atoms with Crippen molar-refractivity contribution in [3.63, 3.8) is 0 Å². The Kier molecular flexibility index (Phi) is 5.98. The molecule has 24 heavy (non-hydrogen) atoms. The first-order chi connectivity index (χ1) is 11.4. The van der Waals surface area contributed by atoms with Crippen LogP contribution in [0.1, 0.15) is 28.4 Å². The van der Waals surface area contributed by atoms with E-state index in [0.717, 1.165) is 15.6 Å². The summed E-state index contributed by atoms with van der Waals surface area (Å²) in [6.45, 7) is 5.41. The molecule has 0 radical (unpaired) electrons. The second-order valence-corrected chi connectivity index (χ2v) is 6.31. The molecule has 0 fully saturated rings. The number of benzene rings is 2. The van der Waals surface area contributed by atoms with E-state index in [9.17, 15) is 9.59 Å². The van der Waals surface area contributed by atoms with Crippen LogP contribution >= 0.6 is 15.9 Å². The first-order valence-electron chi connectivity index (χ1n) is 7.47. The zero-order valence-electron chi connectivity index (χ0n) is 13.7. The summed E-state index contributed by atoms with van der Waals surface area (Å²) in [7, 11) is 0. The molecule has 6 heteroatoms. The minimum atomic E-state index is -0.763. The second-order valence-electron chi connectivity index (χ2n) is 5.45. The van der Waals surface area contributed by atoms with Crippen molar-refractivity contribution in [2.75, 3.05) is 0 Å². The fourth-order valence-corrected chi connectivity index (χ4v) is 2.65. The number of ether oxygens (including phenoxy) is 1. The molecule has 5 nitrogen and oxygen atoms in total. The Morgan fingerprint density at radius 3 is 2.46 bits per heavy atom. The molecule has 2 aromatic rings. The summed E-state index contributed by atoms with van der Waals surface area (Å²) in [4.78, 5) is 24.1. The smallest absolute Gasteiger partial charge is 0.279 e. The molecule has 2 amide bonds. The van der Waals surface area contributed by atoms with E-state index in [1.165, 1.54) is 0 Å². The number of rotatable bonds is 4. The van der Waals surface area contributed by atoms with Crippen molar-refractivity contribution < 1.29 is 14.3 Å². The van der Waals surface area contributed by atoms with Gasteiger partial charge in [0.25, 0.3) is 11.8 Å². The Bertz CT molecular complexity index is 762. The van der Waals surface area contributed by atoms with Crippen molar-refractivity contribution in [2.45, 2.75) is 26.9 Å². The topological polar surface area (TPSA) is 67.4 Å². The molecule has 1 atom stereocenters. The van der Waals surface area contributed by atoms with Crippen LogP contribution in [-0.4, -0.2) is 17.9 Å². The predicted octanol–water partition coefficient (Wildman–Crippen LogP) is 3.29. The molecule has 0 spiro atoms. The van der Waals surface area contributed by atoms with Gasteiger partial charge in [0.15, 0.2) is 6.10 Å². The predicted molar refractivity (Wildman–Crippen MR) is 95.8 cm³/mol. The van der Waals surface area contributed by atoms with Crippen molar-refractivity contribution in [3.8, 4) is 5.75 Å². The van der Waals surface area contributed by atoms with Gasteiger partial charge in [-0.25, -0.2) is 0 Å². The highest BCUT2D eigenvalue weighted by Crippen LogP contribution is 2.26. The van der Waals surface area contributed by atoms with Crippen molar-refractivity contribution in [3.05, 3.63) is 63.6 Å². The quantitative estimate of drug-likeness (QED) is 0.786. The van der Waals surface area contributed by atoms with Gasteiger partial charge in [0.2, 0.25) is 0 Å². The fourth-order valence-electron chi connectivity index (χ4n) is 2.06. The summed E-state index contributed by atoms with van der Waals surface area (Å²) >= 11 is 3.40. The second kappa shape index (κ2) is 7.97. The lowest BCUT2D eigenvalue weighted by Crippen LogP contribution is -2.47. The van der Waals surface area contributed by atoms with Crippen molar-refractivity contribution in [2.24, 2.45) is 0 Å². The molecule has 2 N–H and O–H groups in total. The van der Waals surface area contributed by atoms with Crippen LogP contribution in [0.25, 0.3) is 0 Å². The lowest BCUT2D eigenvalue weighted by molar-refractivity contribution is -0.128. The summed E-state index contributed by atoms with van der Waals surface area (Å²) in [5, 5.41) is 0. The third kappa shape index (κ3) is 4.58. The monoisotopic (exact) mass is 390 g/mol. The Hall–Kier alpha value is -2.34. The van der Waals surface area contributed by atoms with Gasteiger partial charge < -0.3 is 4.74 Å². The van der Waals surface area contributed by atoms with Crippen molar-refractivity contribution in [1.29, 1.82) is 0 Å². The van der Waals surface area contributed by atoms with Crippen LogP contribution in [0.4, 0.5) is 0 Å². The van der Waals surface area contributed by atoms with E-state index >= 15 is 0 Å². The standard InChI is InChI=1S/C18H19BrN2O3/c1-11-8-9-16(15(19)10-11)24-13(3)17(22)20-21-18(23)14-7-5-4-6-12(14)2/h4-10,13H,1-3H3,(H,20,22)(H,21,23). The van der Waals surface area contributed by atoms with E-state index in [2.05, 4.69) is 26.8 Å². The molecule has 0 heterocycles. The normalized spacial score (nSPS) is 11.5. The number of halogens is 1. The molecule has 2 rings (SSSR count). The number of hydrogen-bond donors (Lipinski definition) is 2. The van der Waals surface area contributed by atoms with E-state index in [-0.39, 0.29) is 5.91 Å². The van der Waals surface area contributed by atoms with Gasteiger partial charge in [-0.15, -0.1) is 0 Å². The Balaban J connectivity index is 1.92. The molecule has 0 aromatic heterocycles. The van der Waals surface area contributed by atoms with Gasteiger partial charge in [-0.3, -0.25) is 20.4 Å². The minimum absolute atomic E-state index is 0.370. The Labute approximate surface area is 149 Å². The molecular formula is C18H19BrN2O3. The molecular weight excluding hydrogens is 372 g/mol. The van der Waals surface area contributed by atoms with E-state index < -0.39 is 12.0 Å². The number of hydrogen-bond acceptors (Lipinski definition) is 3. The zero-order chi connectivity index (χ0) is 17.7. The fraction of sp³-hybridized carbons (Fsp3) is 0.222. The van der Waals surface area contributed by atoms with Gasteiger partial charge in [-0.05, 0) is 66.0 Å². The molecule has 0 aliphatic rings. The maximum Gasteiger partial charge on any atom is 0.279 e. The number of carbonyl (C=O) groups is 2. The SMILES string of the molecule is Cc1ccc(OC(C)C(=O)NNC(=O)c2ccccc2C)c(Br)c1. The van der Waals surface area contributed by atoms with Gasteiger partial charge >= 0.3 is 0 Å². The first-order valence-corrected chi connectivity index (χ1v) is 8.26. The van der Waals surface area contributed by atoms with E-state index in [4.69, 9.17) is 4.74 Å². The summed E-state index contributed by atoms with van der Waals surface area (Å²) in [6, 6.07) is 12.7. The van der Waals surface area contributed by atoms with Crippen LogP contribution in [-0.2, 0) is 4.79 Å². The van der Waals surface area contributed by atoms with Crippen LogP contribution in [0, 0.1) is 13.8 Å². The summed E-state index contributed by atoms with van der Waals surface area (Å²) in [6.07, 6.45) is -0.763. The Morgan fingerprint density at radius 2 is 1.79 bits per heavy atom. The highest BCUT2D eigenvalue weighted by atomic mass is 79.9. The van der Waals surface area contributed by atoms with Gasteiger partial charge in [0.1, 0.15) is 5.75 Å². The zero-order valence-corrected chi connectivity index (χ0v) is 15.3. The van der Waals surface area contributed by atoms with Crippen molar-refractivity contribution >= 4 is 27.7 Å². The molecule has 126 valence electrons. The maximum atomic E-state index is 12.1. The average Bonchev–Trinajstić information content (AvgIpc) is 2.55. The van der Waals surface area contributed by atoms with Crippen LogP contribution in [0.3, 0.4) is 0 Å². The molecule has 0 aliphatic heterocycles. The molecule has 0 bridgehead atoms. The lowest BCUT2D eigenvalue weighted by Gasteiger charge is -2.16. The van der Waals surface area contributed by atoms with Crippen LogP contribution in [0.2, 0.25) is 0 Å². The molecule has 0 saturated heterocycles. The van der Waals surface area contributed by atoms with Crippen LogP contribution in [0.5, 0.6) is 5.75 Å². The maximum absolute atomic E-state index is 12.1.